The van der Waals surface area contributed by atoms with Crippen LogP contribution in [-0.4, -0.2) is 23.3 Å². The number of rotatable bonds is 3. The number of methoxy groups -OCH3 is 1. The zero-order chi connectivity index (χ0) is 14.2. The Morgan fingerprint density at radius 3 is 2.68 bits per heavy atom. The van der Waals surface area contributed by atoms with Gasteiger partial charge in [0.15, 0.2) is 17.3 Å². The molecule has 0 aliphatic carbocycles. The first-order chi connectivity index (χ1) is 8.95. The van der Waals surface area contributed by atoms with Crippen LogP contribution in [0, 0.1) is 11.6 Å². The van der Waals surface area contributed by atoms with Gasteiger partial charge in [0.05, 0.1) is 12.7 Å². The average Bonchev–Trinajstić information content (AvgIpc) is 2.83. The minimum atomic E-state index is -1.38. The minimum absolute atomic E-state index is 0.182. The zero-order valence-corrected chi connectivity index (χ0v) is 10.2. The van der Waals surface area contributed by atoms with Gasteiger partial charge in [-0.05, 0) is 0 Å². The van der Waals surface area contributed by atoms with Gasteiger partial charge < -0.3 is 14.4 Å². The quantitative estimate of drug-likeness (QED) is 0.879. The molecule has 0 atom stereocenters. The van der Waals surface area contributed by atoms with E-state index in [4.69, 9.17) is 16.7 Å². The maximum Gasteiger partial charge on any atom is 0.358 e. The van der Waals surface area contributed by atoms with Crippen LogP contribution in [0.1, 0.15) is 10.5 Å². The molecule has 0 bridgehead atoms. The van der Waals surface area contributed by atoms with Crippen molar-refractivity contribution in [2.75, 3.05) is 7.11 Å². The third-order valence-electron chi connectivity index (χ3n) is 2.32. The third-order valence-corrected chi connectivity index (χ3v) is 2.67. The number of halogens is 3. The summed E-state index contributed by atoms with van der Waals surface area (Å²) in [5, 5.41) is 11.4. The largest absolute Gasteiger partial charge is 0.495 e. The highest BCUT2D eigenvalue weighted by atomic mass is 35.5. The average molecular weight is 290 g/mol. The molecular weight excluding hydrogens is 284 g/mol. The van der Waals surface area contributed by atoms with Crippen LogP contribution in [0.25, 0.3) is 11.3 Å². The van der Waals surface area contributed by atoms with Crippen LogP contribution in [-0.2, 0) is 0 Å². The number of carbonyl (C=O) groups is 1. The standard InChI is InChI=1S/C11H6ClF2NO4/c1-18-7-2-4(13)8(10(14)9(7)12)6-3-5(11(16)17)15-19-6/h2-3H,1H3,(H,16,17). The molecule has 100 valence electrons. The highest BCUT2D eigenvalue weighted by molar-refractivity contribution is 6.32. The topological polar surface area (TPSA) is 72.6 Å². The molecular formula is C11H6ClF2NO4. The summed E-state index contributed by atoms with van der Waals surface area (Å²) in [6, 6.07) is 1.76. The molecule has 1 aromatic heterocycles. The molecule has 2 rings (SSSR count). The molecule has 19 heavy (non-hydrogen) atoms. The maximum absolute atomic E-state index is 13.9. The molecule has 0 radical (unpaired) electrons. The van der Waals surface area contributed by atoms with Crippen molar-refractivity contribution >= 4 is 17.6 Å². The summed E-state index contributed by atoms with van der Waals surface area (Å²) < 4.78 is 37.0. The fourth-order valence-corrected chi connectivity index (χ4v) is 1.67. The highest BCUT2D eigenvalue weighted by Gasteiger charge is 2.23. The summed E-state index contributed by atoms with van der Waals surface area (Å²) in [6.45, 7) is 0. The van der Waals surface area contributed by atoms with E-state index in [9.17, 15) is 13.6 Å². The van der Waals surface area contributed by atoms with E-state index >= 15 is 0 Å². The van der Waals surface area contributed by atoms with Crippen LogP contribution in [0.2, 0.25) is 5.02 Å². The molecule has 0 unspecified atom stereocenters. The first kappa shape index (κ1) is 13.3. The van der Waals surface area contributed by atoms with Gasteiger partial charge in [0.25, 0.3) is 0 Å². The predicted octanol–water partition coefficient (Wildman–Crippen LogP) is 2.98. The molecule has 8 heteroatoms. The van der Waals surface area contributed by atoms with Crippen molar-refractivity contribution in [1.29, 1.82) is 0 Å². The van der Waals surface area contributed by atoms with Crippen molar-refractivity contribution in [2.24, 2.45) is 0 Å². The molecule has 0 aliphatic heterocycles. The fraction of sp³-hybridized carbons (Fsp3) is 0.0909. The Kier molecular flexibility index (Phi) is 3.39. The van der Waals surface area contributed by atoms with Gasteiger partial charge in [-0.2, -0.15) is 0 Å². The molecule has 0 fully saturated rings. The maximum atomic E-state index is 13.9. The number of ether oxygens (including phenoxy) is 1. The summed E-state index contributed by atoms with van der Waals surface area (Å²) in [4.78, 5) is 10.6. The van der Waals surface area contributed by atoms with E-state index in [0.29, 0.717) is 0 Å². The van der Waals surface area contributed by atoms with Crippen molar-refractivity contribution < 1.29 is 27.9 Å². The second-order valence-corrected chi connectivity index (χ2v) is 3.82. The van der Waals surface area contributed by atoms with Crippen molar-refractivity contribution in [3.05, 3.63) is 34.5 Å². The highest BCUT2D eigenvalue weighted by Crippen LogP contribution is 2.36. The molecule has 0 spiro atoms. The van der Waals surface area contributed by atoms with Gasteiger partial charge in [0, 0.05) is 12.1 Å². The molecule has 2 aromatic rings. The summed E-state index contributed by atoms with van der Waals surface area (Å²) >= 11 is 5.64. The number of benzene rings is 1. The second-order valence-electron chi connectivity index (χ2n) is 3.45. The first-order valence-corrected chi connectivity index (χ1v) is 5.25. The summed E-state index contributed by atoms with van der Waals surface area (Å²) in [6.07, 6.45) is 0. The monoisotopic (exact) mass is 289 g/mol. The lowest BCUT2D eigenvalue weighted by Gasteiger charge is -2.07. The molecule has 0 saturated carbocycles. The van der Waals surface area contributed by atoms with E-state index in [1.54, 1.807) is 0 Å². The van der Waals surface area contributed by atoms with E-state index in [-0.39, 0.29) is 11.5 Å². The lowest BCUT2D eigenvalue weighted by molar-refractivity contribution is 0.0686. The first-order valence-electron chi connectivity index (χ1n) is 4.87. The van der Waals surface area contributed by atoms with Gasteiger partial charge >= 0.3 is 5.97 Å². The lowest BCUT2D eigenvalue weighted by Crippen LogP contribution is -1.96. The molecule has 1 N–H and O–H groups in total. The molecule has 0 saturated heterocycles. The molecule has 1 heterocycles. The number of carboxylic acid groups (broad SMARTS) is 1. The molecule has 5 nitrogen and oxygen atoms in total. The lowest BCUT2D eigenvalue weighted by atomic mass is 10.1. The Labute approximate surface area is 110 Å². The Morgan fingerprint density at radius 2 is 2.16 bits per heavy atom. The number of carboxylic acids is 1. The normalized spacial score (nSPS) is 10.5. The summed E-state index contributed by atoms with van der Waals surface area (Å²) in [5.74, 6) is -4.07. The number of hydrogen-bond donors (Lipinski definition) is 1. The van der Waals surface area contributed by atoms with Crippen LogP contribution >= 0.6 is 11.6 Å². The smallest absolute Gasteiger partial charge is 0.358 e. The third kappa shape index (κ3) is 2.24. The minimum Gasteiger partial charge on any atom is -0.495 e. The van der Waals surface area contributed by atoms with Crippen molar-refractivity contribution in [3.8, 4) is 17.1 Å². The van der Waals surface area contributed by atoms with Gasteiger partial charge in [-0.25, -0.2) is 13.6 Å². The Morgan fingerprint density at radius 1 is 1.47 bits per heavy atom. The van der Waals surface area contributed by atoms with Crippen molar-refractivity contribution in [2.45, 2.75) is 0 Å². The second kappa shape index (κ2) is 4.85. The van der Waals surface area contributed by atoms with Gasteiger partial charge in [-0.15, -0.1) is 0 Å². The van der Waals surface area contributed by atoms with Crippen molar-refractivity contribution in [1.82, 2.24) is 5.16 Å². The van der Waals surface area contributed by atoms with E-state index in [2.05, 4.69) is 14.4 Å². The van der Waals surface area contributed by atoms with E-state index in [0.717, 1.165) is 12.1 Å². The SMILES string of the molecule is COc1cc(F)c(-c2cc(C(=O)O)no2)c(F)c1Cl. The van der Waals surface area contributed by atoms with Gasteiger partial charge in [0.1, 0.15) is 16.6 Å². The summed E-state index contributed by atoms with van der Waals surface area (Å²) in [7, 11) is 1.21. The molecule has 0 aliphatic rings. The molecule has 1 aromatic carbocycles. The van der Waals surface area contributed by atoms with Gasteiger partial charge in [-0.3, -0.25) is 0 Å². The van der Waals surface area contributed by atoms with E-state index in [1.807, 2.05) is 0 Å². The summed E-state index contributed by atoms with van der Waals surface area (Å²) in [5.41, 5.74) is -1.08. The fourth-order valence-electron chi connectivity index (χ4n) is 1.44. The Bertz CT molecular complexity index is 656. The zero-order valence-electron chi connectivity index (χ0n) is 9.41. The van der Waals surface area contributed by atoms with E-state index < -0.39 is 33.9 Å². The number of aromatic nitrogens is 1. The van der Waals surface area contributed by atoms with Gasteiger partial charge in [0.2, 0.25) is 0 Å². The Balaban J connectivity index is 2.61. The van der Waals surface area contributed by atoms with Crippen LogP contribution in [0.3, 0.4) is 0 Å². The van der Waals surface area contributed by atoms with Crippen LogP contribution in [0.5, 0.6) is 5.75 Å². The van der Waals surface area contributed by atoms with Gasteiger partial charge in [-0.1, -0.05) is 16.8 Å². The number of hydrogen-bond acceptors (Lipinski definition) is 4. The Hall–Kier alpha value is -2.15. The van der Waals surface area contributed by atoms with Crippen LogP contribution < -0.4 is 4.74 Å². The number of aromatic carboxylic acids is 1. The van der Waals surface area contributed by atoms with E-state index in [1.165, 1.54) is 7.11 Å². The van der Waals surface area contributed by atoms with Crippen LogP contribution in [0.15, 0.2) is 16.7 Å². The predicted molar refractivity (Wildman–Crippen MR) is 60.4 cm³/mol. The van der Waals surface area contributed by atoms with Crippen LogP contribution in [0.4, 0.5) is 8.78 Å². The number of nitrogens with zero attached hydrogens (tertiary/aromatic N) is 1. The molecule has 0 amide bonds. The van der Waals surface area contributed by atoms with Crippen molar-refractivity contribution in [3.63, 3.8) is 0 Å².